The summed E-state index contributed by atoms with van der Waals surface area (Å²) in [6, 6.07) is 7.04. The molecule has 0 aliphatic carbocycles. The summed E-state index contributed by atoms with van der Waals surface area (Å²) < 4.78 is 26.1. The van der Waals surface area contributed by atoms with Crippen LogP contribution in [-0.4, -0.2) is 14.7 Å². The lowest BCUT2D eigenvalue weighted by atomic mass is 10.1. The summed E-state index contributed by atoms with van der Waals surface area (Å²) in [5, 5.41) is 0. The van der Waals surface area contributed by atoms with E-state index in [1.165, 1.54) is 0 Å². The molecule has 0 fully saturated rings. The summed E-state index contributed by atoms with van der Waals surface area (Å²) in [7, 11) is -3.42. The largest absolute Gasteiger partial charge is 0.265 e. The van der Waals surface area contributed by atoms with E-state index in [1.54, 1.807) is 24.3 Å². The van der Waals surface area contributed by atoms with Crippen LogP contribution >= 0.6 is 0 Å². The van der Waals surface area contributed by atoms with Crippen LogP contribution in [0.4, 0.5) is 0 Å². The minimum Gasteiger partial charge on any atom is -0.265 e. The van der Waals surface area contributed by atoms with Crippen LogP contribution in [0.2, 0.25) is 0 Å². The van der Waals surface area contributed by atoms with Crippen LogP contribution in [0.1, 0.15) is 11.1 Å². The van der Waals surface area contributed by atoms with Crippen LogP contribution in [0.5, 0.6) is 0 Å². The van der Waals surface area contributed by atoms with Crippen LogP contribution in [-0.2, 0) is 20.9 Å². The summed E-state index contributed by atoms with van der Waals surface area (Å²) >= 11 is 0. The quantitative estimate of drug-likeness (QED) is 0.555. The fourth-order valence-corrected chi connectivity index (χ4v) is 1.30. The van der Waals surface area contributed by atoms with Gasteiger partial charge in [0.25, 0.3) is 10.1 Å². The second-order valence-corrected chi connectivity index (χ2v) is 4.41. The first-order valence-corrected chi connectivity index (χ1v) is 5.73. The second kappa shape index (κ2) is 4.27. The van der Waals surface area contributed by atoms with E-state index < -0.39 is 10.1 Å². The second-order valence-electron chi connectivity index (χ2n) is 2.77. The molecule has 0 N–H and O–H groups in total. The van der Waals surface area contributed by atoms with E-state index in [0.29, 0.717) is 11.1 Å². The average Bonchev–Trinajstić information content (AvgIpc) is 2.14. The van der Waals surface area contributed by atoms with Gasteiger partial charge in [-0.2, -0.15) is 8.42 Å². The first-order chi connectivity index (χ1) is 6.53. The summed E-state index contributed by atoms with van der Waals surface area (Å²) in [6.45, 7) is -0.0147. The van der Waals surface area contributed by atoms with Gasteiger partial charge >= 0.3 is 0 Å². The third-order valence-corrected chi connectivity index (χ3v) is 2.15. The zero-order chi connectivity index (χ0) is 10.6. The molecule has 1 aromatic carbocycles. The molecule has 0 heterocycles. The molecular weight excluding hydrogens is 200 g/mol. The van der Waals surface area contributed by atoms with E-state index in [2.05, 4.69) is 10.1 Å². The van der Waals surface area contributed by atoms with E-state index >= 15 is 0 Å². The maximum absolute atomic E-state index is 10.7. The number of hydrogen-bond acceptors (Lipinski definition) is 3. The van der Waals surface area contributed by atoms with Crippen LogP contribution in [0.3, 0.4) is 0 Å². The zero-order valence-corrected chi connectivity index (χ0v) is 8.54. The summed E-state index contributed by atoms with van der Waals surface area (Å²) in [4.78, 5) is 0. The molecule has 4 heteroatoms. The van der Waals surface area contributed by atoms with Crippen molar-refractivity contribution >= 4 is 10.1 Å². The van der Waals surface area contributed by atoms with Crippen molar-refractivity contribution < 1.29 is 12.6 Å². The SMILES string of the molecule is C#Cc1ccccc1COS(C)(=O)=O. The van der Waals surface area contributed by atoms with E-state index in [1.807, 2.05) is 0 Å². The van der Waals surface area contributed by atoms with Crippen molar-refractivity contribution in [3.8, 4) is 12.3 Å². The molecule has 1 aromatic rings. The Bertz CT molecular complexity index is 455. The highest BCUT2D eigenvalue weighted by Crippen LogP contribution is 2.09. The molecule has 0 saturated carbocycles. The van der Waals surface area contributed by atoms with E-state index in [-0.39, 0.29) is 6.61 Å². The Hall–Kier alpha value is -1.31. The Morgan fingerprint density at radius 2 is 2.07 bits per heavy atom. The summed E-state index contributed by atoms with van der Waals surface area (Å²) in [5.41, 5.74) is 1.34. The first kappa shape index (κ1) is 10.8. The first-order valence-electron chi connectivity index (χ1n) is 3.92. The average molecular weight is 210 g/mol. The minimum absolute atomic E-state index is 0.0147. The standard InChI is InChI=1S/C10H10O3S/c1-3-9-6-4-5-7-10(9)8-13-14(2,11)12/h1,4-7H,8H2,2H3. The Morgan fingerprint density at radius 3 is 2.64 bits per heavy atom. The van der Waals surface area contributed by atoms with Crippen molar-refractivity contribution in [3.05, 3.63) is 35.4 Å². The molecule has 0 bridgehead atoms. The lowest BCUT2D eigenvalue weighted by Crippen LogP contribution is -2.03. The van der Waals surface area contributed by atoms with Crippen molar-refractivity contribution in [2.45, 2.75) is 6.61 Å². The molecule has 0 unspecified atom stereocenters. The van der Waals surface area contributed by atoms with Crippen LogP contribution in [0.25, 0.3) is 0 Å². The van der Waals surface area contributed by atoms with Gasteiger partial charge in [-0.15, -0.1) is 6.42 Å². The van der Waals surface area contributed by atoms with Gasteiger partial charge in [-0.3, -0.25) is 4.18 Å². The lowest BCUT2D eigenvalue weighted by molar-refractivity contribution is 0.311. The van der Waals surface area contributed by atoms with Gasteiger partial charge in [0.15, 0.2) is 0 Å². The van der Waals surface area contributed by atoms with Crippen LogP contribution in [0, 0.1) is 12.3 Å². The molecule has 74 valence electrons. The number of hydrogen-bond donors (Lipinski definition) is 0. The molecular formula is C10H10O3S. The van der Waals surface area contributed by atoms with E-state index in [4.69, 9.17) is 6.42 Å². The Balaban J connectivity index is 2.83. The van der Waals surface area contributed by atoms with Crippen molar-refractivity contribution in [3.63, 3.8) is 0 Å². The highest BCUT2D eigenvalue weighted by Gasteiger charge is 2.04. The van der Waals surface area contributed by atoms with Gasteiger partial charge in [-0.05, 0) is 11.6 Å². The normalized spacial score (nSPS) is 10.9. The zero-order valence-electron chi connectivity index (χ0n) is 7.73. The number of benzene rings is 1. The maximum Gasteiger partial charge on any atom is 0.264 e. The van der Waals surface area contributed by atoms with Crippen molar-refractivity contribution in [1.29, 1.82) is 0 Å². The van der Waals surface area contributed by atoms with Crippen molar-refractivity contribution in [2.75, 3.05) is 6.26 Å². The van der Waals surface area contributed by atoms with E-state index in [9.17, 15) is 8.42 Å². The molecule has 0 amide bonds. The predicted octanol–water partition coefficient (Wildman–Crippen LogP) is 1.14. The Kier molecular flexibility index (Phi) is 3.28. The van der Waals surface area contributed by atoms with Gasteiger partial charge in [-0.25, -0.2) is 0 Å². The Labute approximate surface area is 83.8 Å². The minimum atomic E-state index is -3.42. The third-order valence-electron chi connectivity index (χ3n) is 1.60. The highest BCUT2D eigenvalue weighted by atomic mass is 32.2. The van der Waals surface area contributed by atoms with Gasteiger partial charge in [0.05, 0.1) is 12.9 Å². The van der Waals surface area contributed by atoms with Gasteiger partial charge in [0.1, 0.15) is 0 Å². The molecule has 1 rings (SSSR count). The lowest BCUT2D eigenvalue weighted by Gasteiger charge is -2.03. The summed E-state index contributed by atoms with van der Waals surface area (Å²) in [6.07, 6.45) is 6.24. The molecule has 0 atom stereocenters. The topological polar surface area (TPSA) is 43.4 Å². The third kappa shape index (κ3) is 3.21. The van der Waals surface area contributed by atoms with Gasteiger partial charge in [0, 0.05) is 5.56 Å². The predicted molar refractivity (Wildman–Crippen MR) is 54.0 cm³/mol. The molecule has 0 aliphatic heterocycles. The monoisotopic (exact) mass is 210 g/mol. The molecule has 3 nitrogen and oxygen atoms in total. The number of rotatable bonds is 3. The van der Waals surface area contributed by atoms with Crippen LogP contribution in [0.15, 0.2) is 24.3 Å². The van der Waals surface area contributed by atoms with Gasteiger partial charge in [-0.1, -0.05) is 24.1 Å². The fraction of sp³-hybridized carbons (Fsp3) is 0.200. The molecule has 0 saturated heterocycles. The van der Waals surface area contributed by atoms with Gasteiger partial charge < -0.3 is 0 Å². The number of terminal acetylenes is 1. The van der Waals surface area contributed by atoms with Crippen molar-refractivity contribution in [1.82, 2.24) is 0 Å². The molecule has 0 aromatic heterocycles. The molecule has 0 radical (unpaired) electrons. The summed E-state index contributed by atoms with van der Waals surface area (Å²) in [5.74, 6) is 2.46. The van der Waals surface area contributed by atoms with Gasteiger partial charge in [0.2, 0.25) is 0 Å². The van der Waals surface area contributed by atoms with Crippen molar-refractivity contribution in [2.24, 2.45) is 0 Å². The fourth-order valence-electron chi connectivity index (χ4n) is 0.958. The molecule has 0 spiro atoms. The smallest absolute Gasteiger partial charge is 0.264 e. The molecule has 0 aliphatic rings. The Morgan fingerprint density at radius 1 is 1.43 bits per heavy atom. The molecule has 14 heavy (non-hydrogen) atoms. The van der Waals surface area contributed by atoms with E-state index in [0.717, 1.165) is 6.26 Å². The van der Waals surface area contributed by atoms with Crippen LogP contribution < -0.4 is 0 Å². The highest BCUT2D eigenvalue weighted by molar-refractivity contribution is 7.85. The maximum atomic E-state index is 10.7.